The summed E-state index contributed by atoms with van der Waals surface area (Å²) in [4.78, 5) is 8.96. The van der Waals surface area contributed by atoms with E-state index >= 15 is 0 Å². The predicted molar refractivity (Wildman–Crippen MR) is 105 cm³/mol. The highest BCUT2D eigenvalue weighted by molar-refractivity contribution is 9.10. The number of aromatic nitrogens is 1. The van der Waals surface area contributed by atoms with Crippen molar-refractivity contribution in [3.8, 4) is 0 Å². The number of aliphatic imine (C=N–C) groups is 1. The van der Waals surface area contributed by atoms with E-state index in [1.165, 1.54) is 0 Å². The van der Waals surface area contributed by atoms with Crippen LogP contribution < -0.4 is 5.43 Å². The molecular weight excluding hydrogens is 400 g/mol. The quantitative estimate of drug-likeness (QED) is 0.650. The van der Waals surface area contributed by atoms with Crippen LogP contribution in [-0.4, -0.2) is 16.5 Å². The molecule has 25 heavy (non-hydrogen) atoms. The fourth-order valence-corrected chi connectivity index (χ4v) is 3.06. The van der Waals surface area contributed by atoms with Crippen molar-refractivity contribution in [2.45, 2.75) is 0 Å². The highest BCUT2D eigenvalue weighted by Gasteiger charge is 2.17. The van der Waals surface area contributed by atoms with E-state index in [0.29, 0.717) is 10.9 Å². The van der Waals surface area contributed by atoms with Crippen molar-refractivity contribution in [1.82, 2.24) is 10.4 Å². The summed E-state index contributed by atoms with van der Waals surface area (Å²) >= 11 is 9.51. The molecular formula is C19H12BrClN4. The molecule has 0 saturated carbocycles. The number of hydrazone groups is 1. The van der Waals surface area contributed by atoms with Gasteiger partial charge in [-0.2, -0.15) is 5.10 Å². The van der Waals surface area contributed by atoms with E-state index in [0.717, 1.165) is 32.6 Å². The SMILES string of the molecule is Clc1ccc(C2=Nc3ccc(Br)cc3C(c3cccnc3)=NN2)cc1. The summed E-state index contributed by atoms with van der Waals surface area (Å²) in [5.74, 6) is 0.666. The molecule has 0 aliphatic carbocycles. The molecule has 4 rings (SSSR count). The van der Waals surface area contributed by atoms with Crippen LogP contribution in [0, 0.1) is 0 Å². The van der Waals surface area contributed by atoms with Gasteiger partial charge in [0.1, 0.15) is 5.71 Å². The van der Waals surface area contributed by atoms with Crippen molar-refractivity contribution in [2.24, 2.45) is 10.1 Å². The third-order valence-corrected chi connectivity index (χ3v) is 4.52. The number of fused-ring (bicyclic) bond motifs is 1. The van der Waals surface area contributed by atoms with Crippen molar-refractivity contribution in [3.05, 3.63) is 93.2 Å². The first-order chi connectivity index (χ1) is 12.2. The second kappa shape index (κ2) is 6.78. The average Bonchev–Trinajstić information content (AvgIpc) is 2.82. The Morgan fingerprint density at radius 2 is 1.80 bits per heavy atom. The third kappa shape index (κ3) is 3.34. The van der Waals surface area contributed by atoms with Crippen molar-refractivity contribution in [3.63, 3.8) is 0 Å². The zero-order chi connectivity index (χ0) is 17.2. The Hall–Kier alpha value is -2.50. The number of nitrogens with zero attached hydrogens (tertiary/aromatic N) is 3. The van der Waals surface area contributed by atoms with Gasteiger partial charge in [0.15, 0.2) is 5.84 Å². The van der Waals surface area contributed by atoms with Gasteiger partial charge < -0.3 is 0 Å². The summed E-state index contributed by atoms with van der Waals surface area (Å²) in [6.07, 6.45) is 3.53. The highest BCUT2D eigenvalue weighted by atomic mass is 79.9. The van der Waals surface area contributed by atoms with Crippen LogP contribution in [0.2, 0.25) is 5.02 Å². The minimum absolute atomic E-state index is 0.666. The summed E-state index contributed by atoms with van der Waals surface area (Å²) in [5, 5.41) is 5.28. The number of pyridine rings is 1. The molecule has 2 aromatic carbocycles. The van der Waals surface area contributed by atoms with E-state index < -0.39 is 0 Å². The van der Waals surface area contributed by atoms with Gasteiger partial charge >= 0.3 is 0 Å². The van der Waals surface area contributed by atoms with E-state index in [2.05, 4.69) is 31.4 Å². The molecule has 0 unspecified atom stereocenters. The smallest absolute Gasteiger partial charge is 0.154 e. The molecule has 6 heteroatoms. The van der Waals surface area contributed by atoms with Crippen molar-refractivity contribution >= 4 is 44.8 Å². The Balaban J connectivity index is 1.87. The lowest BCUT2D eigenvalue weighted by molar-refractivity contribution is 1.03. The zero-order valence-corrected chi connectivity index (χ0v) is 15.3. The summed E-state index contributed by atoms with van der Waals surface area (Å²) in [6, 6.07) is 17.3. The van der Waals surface area contributed by atoms with Gasteiger partial charge in [-0.05, 0) is 54.6 Å². The number of hydrogen-bond donors (Lipinski definition) is 1. The number of nitrogens with one attached hydrogen (secondary N) is 1. The Morgan fingerprint density at radius 1 is 0.960 bits per heavy atom. The first-order valence-corrected chi connectivity index (χ1v) is 8.76. The molecule has 1 aliphatic heterocycles. The maximum Gasteiger partial charge on any atom is 0.154 e. The molecule has 4 nitrogen and oxygen atoms in total. The van der Waals surface area contributed by atoms with Gasteiger partial charge in [0.2, 0.25) is 0 Å². The second-order valence-electron chi connectivity index (χ2n) is 5.44. The molecule has 0 fully saturated rings. The third-order valence-electron chi connectivity index (χ3n) is 3.77. The number of rotatable bonds is 2. The fraction of sp³-hybridized carbons (Fsp3) is 0. The van der Waals surface area contributed by atoms with Crippen LogP contribution in [0.3, 0.4) is 0 Å². The lowest BCUT2D eigenvalue weighted by Crippen LogP contribution is -2.19. The minimum atomic E-state index is 0.666. The number of benzene rings is 2. The zero-order valence-electron chi connectivity index (χ0n) is 12.9. The van der Waals surface area contributed by atoms with Gasteiger partial charge in [-0.1, -0.05) is 27.5 Å². The first kappa shape index (κ1) is 16.0. The molecule has 0 atom stereocenters. The molecule has 1 N–H and O–H groups in total. The lowest BCUT2D eigenvalue weighted by atomic mass is 10.0. The molecule has 0 saturated heterocycles. The molecule has 0 amide bonds. The maximum absolute atomic E-state index is 5.98. The van der Waals surface area contributed by atoms with Crippen LogP contribution in [0.5, 0.6) is 0 Å². The molecule has 0 spiro atoms. The first-order valence-electron chi connectivity index (χ1n) is 7.59. The number of hydrogen-bond acceptors (Lipinski definition) is 4. The highest BCUT2D eigenvalue weighted by Crippen LogP contribution is 2.28. The minimum Gasteiger partial charge on any atom is -0.264 e. The Bertz CT molecular complexity index is 982. The van der Waals surface area contributed by atoms with Gasteiger partial charge in [-0.25, -0.2) is 4.99 Å². The Labute approximate surface area is 158 Å². The Kier molecular flexibility index (Phi) is 4.34. The van der Waals surface area contributed by atoms with Crippen LogP contribution in [0.15, 0.2) is 81.6 Å². The van der Waals surface area contributed by atoms with Crippen molar-refractivity contribution < 1.29 is 0 Å². The molecule has 122 valence electrons. The van der Waals surface area contributed by atoms with Gasteiger partial charge in [0, 0.05) is 38.6 Å². The maximum atomic E-state index is 5.98. The van der Waals surface area contributed by atoms with Gasteiger partial charge in [-0.3, -0.25) is 10.4 Å². The summed E-state index contributed by atoms with van der Waals surface area (Å²) in [7, 11) is 0. The normalized spacial score (nSPS) is 13.2. The molecule has 1 aliphatic rings. The lowest BCUT2D eigenvalue weighted by Gasteiger charge is -2.07. The monoisotopic (exact) mass is 410 g/mol. The average molecular weight is 412 g/mol. The predicted octanol–water partition coefficient (Wildman–Crippen LogP) is 4.93. The van der Waals surface area contributed by atoms with Crippen molar-refractivity contribution in [2.75, 3.05) is 0 Å². The van der Waals surface area contributed by atoms with Gasteiger partial charge in [0.25, 0.3) is 0 Å². The van der Waals surface area contributed by atoms with E-state index in [1.54, 1.807) is 12.4 Å². The van der Waals surface area contributed by atoms with E-state index in [9.17, 15) is 0 Å². The fourth-order valence-electron chi connectivity index (χ4n) is 2.57. The summed E-state index contributed by atoms with van der Waals surface area (Å²) < 4.78 is 0.966. The van der Waals surface area contributed by atoms with Crippen LogP contribution >= 0.6 is 27.5 Å². The van der Waals surface area contributed by atoms with Crippen LogP contribution in [-0.2, 0) is 0 Å². The standard InChI is InChI=1S/C19H12BrClN4/c20-14-5-8-17-16(10-14)18(13-2-1-9-22-11-13)24-25-19(23-17)12-3-6-15(21)7-4-12/h1-11H,(H,23,25). The summed E-state index contributed by atoms with van der Waals surface area (Å²) in [6.45, 7) is 0. The summed E-state index contributed by atoms with van der Waals surface area (Å²) in [5.41, 5.74) is 7.47. The topological polar surface area (TPSA) is 49.6 Å². The molecule has 1 aromatic heterocycles. The number of halogens is 2. The van der Waals surface area contributed by atoms with Gasteiger partial charge in [0.05, 0.1) is 5.69 Å². The molecule has 2 heterocycles. The molecule has 0 radical (unpaired) electrons. The molecule has 3 aromatic rings. The Morgan fingerprint density at radius 3 is 2.56 bits per heavy atom. The van der Waals surface area contributed by atoms with Crippen LogP contribution in [0.4, 0.5) is 5.69 Å². The molecule has 0 bridgehead atoms. The van der Waals surface area contributed by atoms with Gasteiger partial charge in [-0.15, -0.1) is 0 Å². The van der Waals surface area contributed by atoms with Crippen LogP contribution in [0.25, 0.3) is 0 Å². The van der Waals surface area contributed by atoms with Crippen molar-refractivity contribution in [1.29, 1.82) is 0 Å². The van der Waals surface area contributed by atoms with E-state index in [1.807, 2.05) is 54.6 Å². The number of amidine groups is 1. The van der Waals surface area contributed by atoms with Crippen LogP contribution in [0.1, 0.15) is 16.7 Å². The largest absolute Gasteiger partial charge is 0.264 e. The van der Waals surface area contributed by atoms with E-state index in [-0.39, 0.29) is 0 Å². The van der Waals surface area contributed by atoms with E-state index in [4.69, 9.17) is 16.6 Å². The second-order valence-corrected chi connectivity index (χ2v) is 6.79.